The van der Waals surface area contributed by atoms with Gasteiger partial charge in [0.25, 0.3) is 5.91 Å². The zero-order valence-corrected chi connectivity index (χ0v) is 20.2. The molecule has 0 bridgehead atoms. The predicted molar refractivity (Wildman–Crippen MR) is 125 cm³/mol. The first kappa shape index (κ1) is 28.1. The number of ketones is 1. The molecule has 9 heteroatoms. The molecular formula is C24H37N3O6. The second-order valence-corrected chi connectivity index (χ2v) is 8.35. The van der Waals surface area contributed by atoms with Gasteiger partial charge >= 0.3 is 6.09 Å². The van der Waals surface area contributed by atoms with Gasteiger partial charge in [0.15, 0.2) is 0 Å². The summed E-state index contributed by atoms with van der Waals surface area (Å²) in [6.45, 7) is 7.78. The Morgan fingerprint density at radius 3 is 2.15 bits per heavy atom. The fourth-order valence-electron chi connectivity index (χ4n) is 2.99. The van der Waals surface area contributed by atoms with Gasteiger partial charge in [-0.3, -0.25) is 14.4 Å². The number of nitrogens with one attached hydrogen (secondary N) is 3. The number of Topliss-reactive ketones (excluding diaryl/α,β-unsaturated/α-hetero) is 1. The zero-order valence-electron chi connectivity index (χ0n) is 20.2. The van der Waals surface area contributed by atoms with Crippen LogP contribution in [0, 0.1) is 5.92 Å². The molecule has 0 spiro atoms. The van der Waals surface area contributed by atoms with Gasteiger partial charge in [-0.2, -0.15) is 0 Å². The smallest absolute Gasteiger partial charge is 0.407 e. The van der Waals surface area contributed by atoms with E-state index in [1.165, 1.54) is 7.11 Å². The molecule has 0 fully saturated rings. The molecule has 0 aromatic heterocycles. The van der Waals surface area contributed by atoms with Gasteiger partial charge in [0.05, 0.1) is 6.61 Å². The van der Waals surface area contributed by atoms with E-state index in [1.807, 2.05) is 51.1 Å². The number of alkyl carbamates (subject to hydrolysis) is 1. The van der Waals surface area contributed by atoms with Crippen LogP contribution >= 0.6 is 0 Å². The van der Waals surface area contributed by atoms with Crippen LogP contribution in [0.5, 0.6) is 0 Å². The molecule has 0 saturated carbocycles. The van der Waals surface area contributed by atoms with E-state index in [1.54, 1.807) is 6.92 Å². The Balaban J connectivity index is 2.99. The van der Waals surface area contributed by atoms with E-state index in [0.29, 0.717) is 12.8 Å². The number of ether oxygens (including phenoxy) is 2. The monoisotopic (exact) mass is 463 g/mol. The van der Waals surface area contributed by atoms with E-state index in [9.17, 15) is 19.2 Å². The van der Waals surface area contributed by atoms with Crippen LogP contribution in [0.25, 0.3) is 0 Å². The van der Waals surface area contributed by atoms with E-state index in [0.717, 1.165) is 5.56 Å². The molecular weight excluding hydrogens is 426 g/mol. The molecule has 3 atom stereocenters. The number of rotatable bonds is 14. The summed E-state index contributed by atoms with van der Waals surface area (Å²) in [4.78, 5) is 50.6. The maximum Gasteiger partial charge on any atom is 0.407 e. The molecule has 0 aliphatic rings. The molecule has 1 aromatic carbocycles. The largest absolute Gasteiger partial charge is 0.447 e. The Hall–Kier alpha value is -2.94. The molecule has 9 nitrogen and oxygen atoms in total. The lowest BCUT2D eigenvalue weighted by Gasteiger charge is -2.24. The zero-order chi connectivity index (χ0) is 24.8. The third-order valence-electron chi connectivity index (χ3n) is 4.97. The first-order valence-corrected chi connectivity index (χ1v) is 11.3. The summed E-state index contributed by atoms with van der Waals surface area (Å²) < 4.78 is 9.84. The normalized spacial score (nSPS) is 13.5. The van der Waals surface area contributed by atoms with E-state index in [2.05, 4.69) is 16.0 Å². The van der Waals surface area contributed by atoms with Gasteiger partial charge in [-0.15, -0.1) is 0 Å². The SMILES string of the molecule is CCC(C)NC(=O)C(=O)[C@H](Cc1ccccc1)NC(=O)[C@H](CC(C)C)NC(=O)OCCOC. The van der Waals surface area contributed by atoms with Crippen LogP contribution in [0.3, 0.4) is 0 Å². The summed E-state index contributed by atoms with van der Waals surface area (Å²) in [5, 5.41) is 7.87. The summed E-state index contributed by atoms with van der Waals surface area (Å²) in [6, 6.07) is 6.92. The van der Waals surface area contributed by atoms with Crippen LogP contribution < -0.4 is 16.0 Å². The van der Waals surface area contributed by atoms with E-state index in [4.69, 9.17) is 9.47 Å². The first-order chi connectivity index (χ1) is 15.7. The molecule has 3 N–H and O–H groups in total. The third-order valence-corrected chi connectivity index (χ3v) is 4.97. The summed E-state index contributed by atoms with van der Waals surface area (Å²) in [5.74, 6) is -1.97. The predicted octanol–water partition coefficient (Wildman–Crippen LogP) is 1.99. The standard InChI is InChI=1S/C24H37N3O6/c1-6-17(4)25-23(30)21(28)19(15-18-10-8-7-9-11-18)26-22(29)20(14-16(2)3)27-24(31)33-13-12-32-5/h7-11,16-17,19-20H,6,12-15H2,1-5H3,(H,25,30)(H,26,29)(H,27,31)/t17?,19-,20-/m0/s1. The van der Waals surface area contributed by atoms with Crippen molar-refractivity contribution in [3.63, 3.8) is 0 Å². The number of carbonyl (C=O) groups is 4. The van der Waals surface area contributed by atoms with Crippen molar-refractivity contribution in [2.24, 2.45) is 5.92 Å². The van der Waals surface area contributed by atoms with Crippen molar-refractivity contribution in [2.45, 2.75) is 65.1 Å². The molecule has 0 radical (unpaired) electrons. The second-order valence-electron chi connectivity index (χ2n) is 8.35. The number of hydrogen-bond acceptors (Lipinski definition) is 6. The Bertz CT molecular complexity index is 769. The van der Waals surface area contributed by atoms with Crippen molar-refractivity contribution in [2.75, 3.05) is 20.3 Å². The summed E-state index contributed by atoms with van der Waals surface area (Å²) in [6.07, 6.45) is 0.386. The average Bonchev–Trinajstić information content (AvgIpc) is 2.78. The second kappa shape index (κ2) is 15.0. The molecule has 0 heterocycles. The van der Waals surface area contributed by atoms with Crippen LogP contribution in [0.1, 0.15) is 46.1 Å². The Kier molecular flexibility index (Phi) is 12.8. The van der Waals surface area contributed by atoms with E-state index in [-0.39, 0.29) is 31.6 Å². The van der Waals surface area contributed by atoms with Crippen LogP contribution in [-0.2, 0) is 30.3 Å². The Morgan fingerprint density at radius 2 is 1.58 bits per heavy atom. The molecule has 3 amide bonds. The van der Waals surface area contributed by atoms with Crippen molar-refractivity contribution in [1.82, 2.24) is 16.0 Å². The highest BCUT2D eigenvalue weighted by Crippen LogP contribution is 2.09. The molecule has 0 aliphatic heterocycles. The van der Waals surface area contributed by atoms with Crippen LogP contribution in [0.4, 0.5) is 4.79 Å². The van der Waals surface area contributed by atoms with Crippen molar-refractivity contribution < 1.29 is 28.7 Å². The van der Waals surface area contributed by atoms with Gasteiger partial charge in [-0.1, -0.05) is 51.1 Å². The van der Waals surface area contributed by atoms with Gasteiger partial charge in [-0.05, 0) is 31.2 Å². The van der Waals surface area contributed by atoms with Gasteiger partial charge in [-0.25, -0.2) is 4.79 Å². The molecule has 33 heavy (non-hydrogen) atoms. The third kappa shape index (κ3) is 11.0. The minimum absolute atomic E-state index is 0.0449. The van der Waals surface area contributed by atoms with Crippen LogP contribution in [0.15, 0.2) is 30.3 Å². The summed E-state index contributed by atoms with van der Waals surface area (Å²) >= 11 is 0. The van der Waals surface area contributed by atoms with Crippen LogP contribution in [0.2, 0.25) is 0 Å². The van der Waals surface area contributed by atoms with Crippen molar-refractivity contribution in [3.05, 3.63) is 35.9 Å². The number of amides is 3. The van der Waals surface area contributed by atoms with E-state index >= 15 is 0 Å². The topological polar surface area (TPSA) is 123 Å². The fourth-order valence-corrected chi connectivity index (χ4v) is 2.99. The molecule has 0 aliphatic carbocycles. The van der Waals surface area contributed by atoms with Gasteiger partial charge in [0, 0.05) is 19.6 Å². The number of methoxy groups -OCH3 is 1. The van der Waals surface area contributed by atoms with Crippen molar-refractivity contribution in [3.8, 4) is 0 Å². The lowest BCUT2D eigenvalue weighted by molar-refractivity contribution is -0.140. The van der Waals surface area contributed by atoms with Gasteiger partial charge < -0.3 is 25.4 Å². The maximum atomic E-state index is 13.1. The fraction of sp³-hybridized carbons (Fsp3) is 0.583. The number of hydrogen-bond donors (Lipinski definition) is 3. The molecule has 1 rings (SSSR count). The maximum absolute atomic E-state index is 13.1. The molecule has 1 unspecified atom stereocenters. The van der Waals surface area contributed by atoms with E-state index < -0.39 is 35.8 Å². The lowest BCUT2D eigenvalue weighted by Crippen LogP contribution is -2.55. The summed E-state index contributed by atoms with van der Waals surface area (Å²) in [5.41, 5.74) is 0.792. The van der Waals surface area contributed by atoms with Gasteiger partial charge in [0.2, 0.25) is 11.7 Å². The minimum atomic E-state index is -1.08. The lowest BCUT2D eigenvalue weighted by atomic mass is 9.99. The summed E-state index contributed by atoms with van der Waals surface area (Å²) in [7, 11) is 1.48. The highest BCUT2D eigenvalue weighted by molar-refractivity contribution is 6.38. The van der Waals surface area contributed by atoms with Crippen molar-refractivity contribution >= 4 is 23.7 Å². The van der Waals surface area contributed by atoms with Crippen molar-refractivity contribution in [1.29, 1.82) is 0 Å². The number of benzene rings is 1. The molecule has 1 aromatic rings. The van der Waals surface area contributed by atoms with Gasteiger partial charge in [0.1, 0.15) is 18.7 Å². The Morgan fingerprint density at radius 1 is 0.909 bits per heavy atom. The molecule has 184 valence electrons. The first-order valence-electron chi connectivity index (χ1n) is 11.3. The quantitative estimate of drug-likeness (QED) is 0.286. The highest BCUT2D eigenvalue weighted by Gasteiger charge is 2.31. The number of carbonyl (C=O) groups excluding carboxylic acids is 4. The van der Waals surface area contributed by atoms with Crippen LogP contribution in [-0.4, -0.2) is 62.1 Å². The average molecular weight is 464 g/mol. The highest BCUT2D eigenvalue weighted by atomic mass is 16.6. The molecule has 0 saturated heterocycles. The Labute approximate surface area is 196 Å². The minimum Gasteiger partial charge on any atom is -0.447 e.